The Morgan fingerprint density at radius 2 is 2.09 bits per heavy atom. The summed E-state index contributed by atoms with van der Waals surface area (Å²) < 4.78 is 19.8. The van der Waals surface area contributed by atoms with E-state index >= 15 is 0 Å². The van der Waals surface area contributed by atoms with Crippen LogP contribution in [-0.4, -0.2) is 41.4 Å². The lowest BCUT2D eigenvalue weighted by molar-refractivity contribution is -0.136. The Morgan fingerprint density at radius 3 is 2.76 bits per heavy atom. The number of likely N-dealkylation sites (tertiary alicyclic amines) is 1. The molecule has 2 aliphatic heterocycles. The predicted molar refractivity (Wildman–Crippen MR) is 129 cm³/mol. The highest BCUT2D eigenvalue weighted by Gasteiger charge is 2.43. The SMILES string of the molecule is CC(C)C1=NOC(N2CCC(C3CC3CCOc3ccc(CC(=O)O)c(F)c3)CC2)=CCC1C. The zero-order valence-electron chi connectivity index (χ0n) is 20.5. The highest BCUT2D eigenvalue weighted by Crippen LogP contribution is 2.50. The fourth-order valence-electron chi connectivity index (χ4n) is 5.47. The molecule has 0 aromatic heterocycles. The van der Waals surface area contributed by atoms with Gasteiger partial charge in [-0.25, -0.2) is 4.39 Å². The summed E-state index contributed by atoms with van der Waals surface area (Å²) in [6, 6.07) is 4.44. The van der Waals surface area contributed by atoms with Gasteiger partial charge in [0, 0.05) is 25.1 Å². The summed E-state index contributed by atoms with van der Waals surface area (Å²) in [6.45, 7) is 9.14. The largest absolute Gasteiger partial charge is 0.493 e. The molecule has 2 heterocycles. The minimum absolute atomic E-state index is 0.181. The molecule has 6 nitrogen and oxygen atoms in total. The molecular weight excluding hydrogens is 435 g/mol. The Kier molecular flexibility index (Phi) is 7.79. The molecule has 3 atom stereocenters. The molecule has 186 valence electrons. The van der Waals surface area contributed by atoms with Crippen LogP contribution >= 0.6 is 0 Å². The van der Waals surface area contributed by atoms with Gasteiger partial charge in [0.15, 0.2) is 0 Å². The standard InChI is InChI=1S/C27H37FN2O4/c1-17(2)27-18(3)4-7-25(34-29-27)30-11-8-19(9-12-30)23-14-20(23)10-13-33-22-6-5-21(15-26(31)32)24(28)16-22/h5-7,16-20,23H,4,8-15H2,1-3H3,(H,31,32). The van der Waals surface area contributed by atoms with Gasteiger partial charge in [0.05, 0.1) is 18.7 Å². The van der Waals surface area contributed by atoms with E-state index in [-0.39, 0.29) is 12.0 Å². The second kappa shape index (κ2) is 10.8. The number of piperidine rings is 1. The average Bonchev–Trinajstić information content (AvgIpc) is 3.59. The second-order valence-corrected chi connectivity index (χ2v) is 10.4. The summed E-state index contributed by atoms with van der Waals surface area (Å²) in [4.78, 5) is 19.0. The van der Waals surface area contributed by atoms with Gasteiger partial charge in [0.25, 0.3) is 0 Å². The van der Waals surface area contributed by atoms with Crippen molar-refractivity contribution in [1.82, 2.24) is 4.90 Å². The maximum absolute atomic E-state index is 14.0. The van der Waals surface area contributed by atoms with E-state index in [4.69, 9.17) is 14.7 Å². The van der Waals surface area contributed by atoms with Crippen molar-refractivity contribution in [2.24, 2.45) is 34.7 Å². The third kappa shape index (κ3) is 6.10. The maximum atomic E-state index is 14.0. The molecule has 1 aromatic rings. The van der Waals surface area contributed by atoms with Gasteiger partial charge < -0.3 is 19.6 Å². The van der Waals surface area contributed by atoms with E-state index in [0.29, 0.717) is 30.1 Å². The van der Waals surface area contributed by atoms with E-state index in [1.165, 1.54) is 31.4 Å². The third-order valence-corrected chi connectivity index (χ3v) is 7.54. The molecule has 1 aliphatic carbocycles. The van der Waals surface area contributed by atoms with Crippen LogP contribution in [-0.2, 0) is 16.1 Å². The molecule has 3 unspecified atom stereocenters. The van der Waals surface area contributed by atoms with E-state index in [1.54, 1.807) is 6.07 Å². The number of ether oxygens (including phenoxy) is 1. The van der Waals surface area contributed by atoms with E-state index in [1.807, 2.05) is 0 Å². The first-order valence-electron chi connectivity index (χ1n) is 12.6. The Balaban J connectivity index is 1.18. The molecule has 3 aliphatic rings. The number of oxime groups is 1. The van der Waals surface area contributed by atoms with Gasteiger partial charge in [-0.1, -0.05) is 32.0 Å². The number of hydrogen-bond donors (Lipinski definition) is 1. The van der Waals surface area contributed by atoms with Crippen LogP contribution in [0.3, 0.4) is 0 Å². The molecule has 7 heteroatoms. The number of halogens is 1. The van der Waals surface area contributed by atoms with Crippen molar-refractivity contribution >= 4 is 11.7 Å². The zero-order valence-corrected chi connectivity index (χ0v) is 20.5. The smallest absolute Gasteiger partial charge is 0.307 e. The van der Waals surface area contributed by atoms with E-state index in [0.717, 1.165) is 49.4 Å². The summed E-state index contributed by atoms with van der Waals surface area (Å²) in [5.41, 5.74) is 1.32. The molecule has 1 saturated carbocycles. The number of carboxylic acid groups (broad SMARTS) is 1. The fourth-order valence-corrected chi connectivity index (χ4v) is 5.47. The van der Waals surface area contributed by atoms with Crippen molar-refractivity contribution in [3.05, 3.63) is 41.5 Å². The van der Waals surface area contributed by atoms with Crippen LogP contribution in [0, 0.1) is 35.4 Å². The zero-order chi connectivity index (χ0) is 24.2. The van der Waals surface area contributed by atoms with Crippen LogP contribution < -0.4 is 4.74 Å². The van der Waals surface area contributed by atoms with Gasteiger partial charge in [-0.3, -0.25) is 4.79 Å². The number of aliphatic carboxylic acids is 1. The molecule has 0 bridgehead atoms. The lowest BCUT2D eigenvalue weighted by Crippen LogP contribution is -2.34. The first-order chi connectivity index (χ1) is 16.3. The molecule has 1 N–H and O–H groups in total. The molecule has 0 amide bonds. The van der Waals surface area contributed by atoms with Crippen molar-refractivity contribution in [2.45, 2.75) is 59.3 Å². The van der Waals surface area contributed by atoms with Gasteiger partial charge in [-0.15, -0.1) is 0 Å². The van der Waals surface area contributed by atoms with Crippen LogP contribution in [0.5, 0.6) is 5.75 Å². The van der Waals surface area contributed by atoms with Crippen LogP contribution in [0.25, 0.3) is 0 Å². The first-order valence-corrected chi connectivity index (χ1v) is 12.6. The Labute approximate surface area is 201 Å². The van der Waals surface area contributed by atoms with Crippen LogP contribution in [0.4, 0.5) is 4.39 Å². The third-order valence-electron chi connectivity index (χ3n) is 7.54. The van der Waals surface area contributed by atoms with Gasteiger partial charge in [0.1, 0.15) is 11.6 Å². The number of nitrogens with zero attached hydrogens (tertiary/aromatic N) is 2. The molecule has 1 aromatic carbocycles. The average molecular weight is 473 g/mol. The van der Waals surface area contributed by atoms with E-state index in [9.17, 15) is 9.18 Å². The van der Waals surface area contributed by atoms with Crippen LogP contribution in [0.1, 0.15) is 58.4 Å². The molecule has 34 heavy (non-hydrogen) atoms. The number of benzene rings is 1. The number of hydrogen-bond acceptors (Lipinski definition) is 5. The van der Waals surface area contributed by atoms with Crippen LogP contribution in [0.2, 0.25) is 0 Å². The highest BCUT2D eigenvalue weighted by atomic mass is 19.1. The molecule has 0 radical (unpaired) electrons. The van der Waals surface area contributed by atoms with Crippen molar-refractivity contribution in [1.29, 1.82) is 0 Å². The molecule has 2 fully saturated rings. The van der Waals surface area contributed by atoms with Crippen molar-refractivity contribution in [2.75, 3.05) is 19.7 Å². The summed E-state index contributed by atoms with van der Waals surface area (Å²) in [6.07, 6.45) is 7.44. The predicted octanol–water partition coefficient (Wildman–Crippen LogP) is 5.48. The Hall–Kier alpha value is -2.57. The highest BCUT2D eigenvalue weighted by molar-refractivity contribution is 5.88. The lowest BCUT2D eigenvalue weighted by atomic mass is 9.90. The van der Waals surface area contributed by atoms with E-state index in [2.05, 4.69) is 36.9 Å². The second-order valence-electron chi connectivity index (χ2n) is 10.4. The number of carbonyl (C=O) groups is 1. The molecule has 0 spiro atoms. The van der Waals surface area contributed by atoms with Crippen LogP contribution in [0.15, 0.2) is 35.3 Å². The Bertz CT molecular complexity index is 937. The maximum Gasteiger partial charge on any atom is 0.307 e. The normalized spacial score (nSPS) is 25.3. The first kappa shape index (κ1) is 24.6. The number of carboxylic acids is 1. The molecule has 1 saturated heterocycles. The van der Waals surface area contributed by atoms with Gasteiger partial charge in [-0.05, 0) is 73.5 Å². The molecule has 4 rings (SSSR count). The topological polar surface area (TPSA) is 71.4 Å². The minimum atomic E-state index is -1.04. The van der Waals surface area contributed by atoms with Gasteiger partial charge >= 0.3 is 5.97 Å². The number of allylic oxidation sites excluding steroid dienone is 1. The van der Waals surface area contributed by atoms with Crippen molar-refractivity contribution in [3.63, 3.8) is 0 Å². The molecular formula is C27H37FN2O4. The van der Waals surface area contributed by atoms with Gasteiger partial charge in [0.2, 0.25) is 5.88 Å². The van der Waals surface area contributed by atoms with Gasteiger partial charge in [-0.2, -0.15) is 0 Å². The number of rotatable bonds is 9. The van der Waals surface area contributed by atoms with E-state index < -0.39 is 11.8 Å². The fraction of sp³-hybridized carbons (Fsp3) is 0.630. The summed E-state index contributed by atoms with van der Waals surface area (Å²) in [7, 11) is 0. The monoisotopic (exact) mass is 472 g/mol. The van der Waals surface area contributed by atoms with Crippen molar-refractivity contribution in [3.8, 4) is 5.75 Å². The minimum Gasteiger partial charge on any atom is -0.493 e. The Morgan fingerprint density at radius 1 is 1.32 bits per heavy atom. The summed E-state index contributed by atoms with van der Waals surface area (Å²) >= 11 is 0. The quantitative estimate of drug-likeness (QED) is 0.515. The lowest BCUT2D eigenvalue weighted by Gasteiger charge is -2.33. The summed E-state index contributed by atoms with van der Waals surface area (Å²) in [5.74, 6) is 2.83. The van der Waals surface area contributed by atoms with Crippen molar-refractivity contribution < 1.29 is 23.9 Å². The summed E-state index contributed by atoms with van der Waals surface area (Å²) in [5, 5.41) is 13.3.